The number of piperidine rings is 1. The van der Waals surface area contributed by atoms with Crippen LogP contribution in [-0.2, 0) is 4.79 Å². The number of aliphatic imine (C=N–C) groups is 1. The molecule has 1 saturated heterocycles. The summed E-state index contributed by atoms with van der Waals surface area (Å²) >= 11 is 1.85. The largest absolute Gasteiger partial charge is 0.357 e. The lowest BCUT2D eigenvalue weighted by Gasteiger charge is -2.35. The van der Waals surface area contributed by atoms with E-state index in [1.54, 1.807) is 0 Å². The summed E-state index contributed by atoms with van der Waals surface area (Å²) in [6, 6.07) is 10.9. The Bertz CT molecular complexity index is 625. The van der Waals surface area contributed by atoms with Crippen molar-refractivity contribution in [3.8, 4) is 0 Å². The highest BCUT2D eigenvalue weighted by Crippen LogP contribution is 2.22. The van der Waals surface area contributed by atoms with Crippen LogP contribution < -0.4 is 10.6 Å². The number of likely N-dealkylation sites (tertiary alicyclic amines) is 1. The summed E-state index contributed by atoms with van der Waals surface area (Å²) in [5.74, 6) is 1.40. The molecule has 1 heterocycles. The average Bonchev–Trinajstić information content (AvgIpc) is 2.74. The number of hydrogen-bond donors (Lipinski definition) is 2. The van der Waals surface area contributed by atoms with Crippen LogP contribution in [0, 0.1) is 5.92 Å². The van der Waals surface area contributed by atoms with E-state index < -0.39 is 0 Å². The first-order chi connectivity index (χ1) is 14.1. The average molecular weight is 419 g/mol. The minimum absolute atomic E-state index is 0.182. The number of carbonyl (C=O) groups is 1. The molecule has 1 aliphatic heterocycles. The topological polar surface area (TPSA) is 56.7 Å². The van der Waals surface area contributed by atoms with Crippen molar-refractivity contribution in [1.82, 2.24) is 15.5 Å². The Labute approximate surface area is 181 Å². The lowest BCUT2D eigenvalue weighted by Crippen LogP contribution is -2.50. The number of nitrogens with zero attached hydrogens (tertiary/aromatic N) is 2. The maximum atomic E-state index is 12.6. The van der Waals surface area contributed by atoms with Gasteiger partial charge in [-0.2, -0.15) is 0 Å². The van der Waals surface area contributed by atoms with E-state index in [0.717, 1.165) is 57.8 Å². The number of nitrogens with one attached hydrogen (secondary N) is 2. The number of rotatable bonds is 9. The fourth-order valence-corrected chi connectivity index (χ4v) is 4.57. The number of thioether (sulfide) groups is 1. The molecule has 1 atom stereocenters. The van der Waals surface area contributed by atoms with E-state index in [-0.39, 0.29) is 5.92 Å². The highest BCUT2D eigenvalue weighted by atomic mass is 32.2. The van der Waals surface area contributed by atoms with Crippen molar-refractivity contribution < 1.29 is 4.79 Å². The Kier molecular flexibility index (Phi) is 10.4. The van der Waals surface area contributed by atoms with Crippen molar-refractivity contribution in [3.05, 3.63) is 30.3 Å². The molecule has 6 heteroatoms. The summed E-state index contributed by atoms with van der Waals surface area (Å²) in [6.45, 7) is 11.8. The molecule has 0 aromatic heterocycles. The standard InChI is InChI=1S/C23H38N4OS/c1-5-19(6-2)22(28)27-15-13-20(14-16-27)26-23(24-7-3)25-17-18(4)29-21-11-9-8-10-12-21/h8-12,18-20H,5-7,13-17H2,1-4H3,(H2,24,25,26). The van der Waals surface area contributed by atoms with Crippen LogP contribution in [0.25, 0.3) is 0 Å². The van der Waals surface area contributed by atoms with E-state index in [1.165, 1.54) is 4.90 Å². The Morgan fingerprint density at radius 2 is 1.83 bits per heavy atom. The lowest BCUT2D eigenvalue weighted by molar-refractivity contribution is -0.136. The van der Waals surface area contributed by atoms with Crippen molar-refractivity contribution >= 4 is 23.6 Å². The molecule has 1 aromatic rings. The van der Waals surface area contributed by atoms with Crippen LogP contribution in [0.15, 0.2) is 40.2 Å². The van der Waals surface area contributed by atoms with Crippen LogP contribution in [0.3, 0.4) is 0 Å². The first kappa shape index (κ1) is 23.6. The molecule has 0 spiro atoms. The molecule has 0 aliphatic carbocycles. The molecule has 0 saturated carbocycles. The zero-order valence-electron chi connectivity index (χ0n) is 18.5. The third-order valence-corrected chi connectivity index (χ3v) is 6.51. The van der Waals surface area contributed by atoms with E-state index in [0.29, 0.717) is 17.2 Å². The van der Waals surface area contributed by atoms with Gasteiger partial charge in [0.25, 0.3) is 0 Å². The Morgan fingerprint density at radius 1 is 1.17 bits per heavy atom. The molecule has 0 bridgehead atoms. The van der Waals surface area contributed by atoms with Crippen LogP contribution in [0.4, 0.5) is 0 Å². The van der Waals surface area contributed by atoms with E-state index in [4.69, 9.17) is 4.99 Å². The van der Waals surface area contributed by atoms with Gasteiger partial charge in [-0.1, -0.05) is 39.0 Å². The first-order valence-electron chi connectivity index (χ1n) is 11.1. The number of carbonyl (C=O) groups excluding carboxylic acids is 1. The summed E-state index contributed by atoms with van der Waals surface area (Å²) in [5.41, 5.74) is 0. The minimum atomic E-state index is 0.182. The van der Waals surface area contributed by atoms with Crippen LogP contribution in [0.1, 0.15) is 53.4 Å². The second-order valence-corrected chi connectivity index (χ2v) is 9.23. The van der Waals surface area contributed by atoms with Crippen LogP contribution in [-0.4, -0.2) is 54.2 Å². The van der Waals surface area contributed by atoms with Crippen LogP contribution in [0.2, 0.25) is 0 Å². The molecular weight excluding hydrogens is 380 g/mol. The number of benzene rings is 1. The Balaban J connectivity index is 1.82. The van der Waals surface area contributed by atoms with Gasteiger partial charge in [-0.15, -0.1) is 11.8 Å². The van der Waals surface area contributed by atoms with Gasteiger partial charge in [-0.05, 0) is 44.7 Å². The fraction of sp³-hybridized carbons (Fsp3) is 0.652. The van der Waals surface area contributed by atoms with Gasteiger partial charge in [0.2, 0.25) is 5.91 Å². The third kappa shape index (κ3) is 7.92. The van der Waals surface area contributed by atoms with Gasteiger partial charge in [0.05, 0.1) is 6.54 Å². The Hall–Kier alpha value is -1.69. The molecule has 162 valence electrons. The SMILES string of the molecule is CCNC(=NCC(C)Sc1ccccc1)NC1CCN(C(=O)C(CC)CC)CC1. The summed E-state index contributed by atoms with van der Waals surface area (Å²) in [5, 5.41) is 7.36. The lowest BCUT2D eigenvalue weighted by atomic mass is 9.98. The smallest absolute Gasteiger partial charge is 0.225 e. The molecule has 1 amide bonds. The van der Waals surface area contributed by atoms with Crippen molar-refractivity contribution in [2.24, 2.45) is 10.9 Å². The highest BCUT2D eigenvalue weighted by molar-refractivity contribution is 8.00. The fourth-order valence-electron chi connectivity index (χ4n) is 3.64. The summed E-state index contributed by atoms with van der Waals surface area (Å²) in [4.78, 5) is 20.7. The summed E-state index contributed by atoms with van der Waals surface area (Å²) < 4.78 is 0. The number of guanidine groups is 1. The van der Waals surface area contributed by atoms with Gasteiger partial charge in [0, 0.05) is 41.7 Å². The molecule has 0 radical (unpaired) electrons. The van der Waals surface area contributed by atoms with Gasteiger partial charge >= 0.3 is 0 Å². The number of amides is 1. The molecule has 1 aromatic carbocycles. The molecule has 5 nitrogen and oxygen atoms in total. The van der Waals surface area contributed by atoms with Crippen molar-refractivity contribution in [2.75, 3.05) is 26.2 Å². The molecule has 2 N–H and O–H groups in total. The van der Waals surface area contributed by atoms with E-state index in [2.05, 4.69) is 67.5 Å². The molecule has 2 rings (SSSR count). The van der Waals surface area contributed by atoms with Gasteiger partial charge in [-0.25, -0.2) is 0 Å². The van der Waals surface area contributed by atoms with Crippen molar-refractivity contribution in [1.29, 1.82) is 0 Å². The van der Waals surface area contributed by atoms with Gasteiger partial charge in [0.15, 0.2) is 5.96 Å². The van der Waals surface area contributed by atoms with Gasteiger partial charge < -0.3 is 15.5 Å². The zero-order chi connectivity index (χ0) is 21.1. The van der Waals surface area contributed by atoms with Gasteiger partial charge in [-0.3, -0.25) is 9.79 Å². The highest BCUT2D eigenvalue weighted by Gasteiger charge is 2.26. The summed E-state index contributed by atoms with van der Waals surface area (Å²) in [6.07, 6.45) is 3.82. The quantitative estimate of drug-likeness (QED) is 0.359. The van der Waals surface area contributed by atoms with E-state index in [1.807, 2.05) is 17.8 Å². The van der Waals surface area contributed by atoms with E-state index >= 15 is 0 Å². The van der Waals surface area contributed by atoms with Crippen molar-refractivity contribution in [2.45, 2.75) is 69.6 Å². The molecule has 1 fully saturated rings. The number of hydrogen-bond acceptors (Lipinski definition) is 3. The van der Waals surface area contributed by atoms with Gasteiger partial charge in [0.1, 0.15) is 0 Å². The predicted octanol–water partition coefficient (Wildman–Crippen LogP) is 4.15. The van der Waals surface area contributed by atoms with Crippen LogP contribution >= 0.6 is 11.8 Å². The first-order valence-corrected chi connectivity index (χ1v) is 12.0. The maximum Gasteiger partial charge on any atom is 0.225 e. The second-order valence-electron chi connectivity index (χ2n) is 7.72. The molecule has 1 unspecified atom stereocenters. The molecule has 29 heavy (non-hydrogen) atoms. The van der Waals surface area contributed by atoms with Crippen molar-refractivity contribution in [3.63, 3.8) is 0 Å². The minimum Gasteiger partial charge on any atom is -0.357 e. The van der Waals surface area contributed by atoms with Crippen LogP contribution in [0.5, 0.6) is 0 Å². The third-order valence-electron chi connectivity index (χ3n) is 5.41. The maximum absolute atomic E-state index is 12.6. The normalized spacial score (nSPS) is 16.7. The zero-order valence-corrected chi connectivity index (χ0v) is 19.3. The summed E-state index contributed by atoms with van der Waals surface area (Å²) in [7, 11) is 0. The molecular formula is C23H38N4OS. The molecule has 1 aliphatic rings. The van der Waals surface area contributed by atoms with E-state index in [9.17, 15) is 4.79 Å². The second kappa shape index (κ2) is 12.8. The predicted molar refractivity (Wildman–Crippen MR) is 125 cm³/mol. The monoisotopic (exact) mass is 418 g/mol. The Morgan fingerprint density at radius 3 is 2.41 bits per heavy atom.